The van der Waals surface area contributed by atoms with E-state index in [1.165, 1.54) is 10.6 Å². The maximum Gasteiger partial charge on any atom is 0.251 e. The number of anilines is 1. The van der Waals surface area contributed by atoms with Crippen LogP contribution < -0.4 is 19.1 Å². The maximum atomic E-state index is 12.6. The zero-order chi connectivity index (χ0) is 23.4. The van der Waals surface area contributed by atoms with Gasteiger partial charge < -0.3 is 14.8 Å². The summed E-state index contributed by atoms with van der Waals surface area (Å²) in [5.41, 5.74) is 2.91. The molecule has 0 aliphatic carbocycles. The van der Waals surface area contributed by atoms with Gasteiger partial charge in [-0.1, -0.05) is 42.0 Å². The number of carbonyl (C=O) groups is 1. The first kappa shape index (κ1) is 22.7. The minimum Gasteiger partial charge on any atom is -0.486 e. The van der Waals surface area contributed by atoms with Crippen LogP contribution in [0.1, 0.15) is 21.5 Å². The minimum absolute atomic E-state index is 0.213. The number of rotatable bonds is 7. The average molecular weight is 467 g/mol. The number of para-hydroxylation sites is 2. The molecule has 1 aliphatic rings. The van der Waals surface area contributed by atoms with Gasteiger partial charge in [-0.3, -0.25) is 9.10 Å². The largest absolute Gasteiger partial charge is 0.486 e. The molecule has 0 saturated carbocycles. The SMILES string of the molecule is Cc1ccc(CN(c2ccc(C(=O)NCC3COc4ccccc4O3)cc2)S(C)(=O)=O)cc1. The lowest BCUT2D eigenvalue weighted by Gasteiger charge is -2.26. The minimum atomic E-state index is -3.51. The fourth-order valence-electron chi connectivity index (χ4n) is 3.51. The van der Waals surface area contributed by atoms with Gasteiger partial charge in [0, 0.05) is 5.56 Å². The molecule has 0 radical (unpaired) electrons. The van der Waals surface area contributed by atoms with Crippen molar-refractivity contribution in [3.63, 3.8) is 0 Å². The van der Waals surface area contributed by atoms with Gasteiger partial charge in [-0.2, -0.15) is 0 Å². The van der Waals surface area contributed by atoms with Gasteiger partial charge in [0.1, 0.15) is 12.7 Å². The van der Waals surface area contributed by atoms with Gasteiger partial charge in [0.2, 0.25) is 10.0 Å². The van der Waals surface area contributed by atoms with E-state index >= 15 is 0 Å². The summed E-state index contributed by atoms with van der Waals surface area (Å²) in [7, 11) is -3.51. The Morgan fingerprint density at radius 1 is 1.00 bits per heavy atom. The van der Waals surface area contributed by atoms with Crippen LogP contribution >= 0.6 is 0 Å². The number of nitrogens with zero attached hydrogens (tertiary/aromatic N) is 1. The molecular weight excluding hydrogens is 440 g/mol. The molecule has 3 aromatic carbocycles. The van der Waals surface area contributed by atoms with E-state index in [-0.39, 0.29) is 25.1 Å². The summed E-state index contributed by atoms with van der Waals surface area (Å²) < 4.78 is 37.7. The normalized spacial score (nSPS) is 15.0. The van der Waals surface area contributed by atoms with E-state index in [0.717, 1.165) is 11.1 Å². The third kappa shape index (κ3) is 5.64. The smallest absolute Gasteiger partial charge is 0.251 e. The third-order valence-corrected chi connectivity index (χ3v) is 6.46. The highest BCUT2D eigenvalue weighted by atomic mass is 32.2. The van der Waals surface area contributed by atoms with Gasteiger partial charge in [-0.15, -0.1) is 0 Å². The fraction of sp³-hybridized carbons (Fsp3) is 0.240. The van der Waals surface area contributed by atoms with Crippen LogP contribution in [0.3, 0.4) is 0 Å². The summed E-state index contributed by atoms with van der Waals surface area (Å²) in [5, 5.41) is 2.85. The molecule has 7 nitrogen and oxygen atoms in total. The Morgan fingerprint density at radius 3 is 2.33 bits per heavy atom. The molecule has 1 amide bonds. The molecule has 0 spiro atoms. The Hall–Kier alpha value is -3.52. The van der Waals surface area contributed by atoms with E-state index in [1.54, 1.807) is 24.3 Å². The number of ether oxygens (including phenoxy) is 2. The molecule has 33 heavy (non-hydrogen) atoms. The topological polar surface area (TPSA) is 84.9 Å². The van der Waals surface area contributed by atoms with Crippen molar-refractivity contribution in [2.45, 2.75) is 19.6 Å². The van der Waals surface area contributed by atoms with Crippen LogP contribution in [0.4, 0.5) is 5.69 Å². The Kier molecular flexibility index (Phi) is 6.55. The summed E-state index contributed by atoms with van der Waals surface area (Å²) in [6.45, 7) is 2.83. The molecule has 1 heterocycles. The van der Waals surface area contributed by atoms with Gasteiger partial charge in [0.15, 0.2) is 11.5 Å². The zero-order valence-corrected chi connectivity index (χ0v) is 19.3. The first-order valence-corrected chi connectivity index (χ1v) is 12.4. The summed E-state index contributed by atoms with van der Waals surface area (Å²) in [6.07, 6.45) is 0.880. The van der Waals surface area contributed by atoms with E-state index in [9.17, 15) is 13.2 Å². The highest BCUT2D eigenvalue weighted by Gasteiger charge is 2.22. The van der Waals surface area contributed by atoms with E-state index in [2.05, 4.69) is 5.32 Å². The average Bonchev–Trinajstić information content (AvgIpc) is 2.81. The number of carbonyl (C=O) groups excluding carboxylic acids is 1. The lowest BCUT2D eigenvalue weighted by atomic mass is 10.1. The monoisotopic (exact) mass is 466 g/mol. The van der Waals surface area contributed by atoms with Crippen molar-refractivity contribution in [1.29, 1.82) is 0 Å². The van der Waals surface area contributed by atoms with Crippen molar-refractivity contribution in [3.8, 4) is 11.5 Å². The van der Waals surface area contributed by atoms with Crippen LogP contribution in [0.2, 0.25) is 0 Å². The predicted octanol–water partition coefficient (Wildman–Crippen LogP) is 3.53. The van der Waals surface area contributed by atoms with Gasteiger partial charge in [0.25, 0.3) is 5.91 Å². The highest BCUT2D eigenvalue weighted by Crippen LogP contribution is 2.30. The number of benzene rings is 3. The molecule has 1 aliphatic heterocycles. The summed E-state index contributed by atoms with van der Waals surface area (Å²) in [6, 6.07) is 21.6. The lowest BCUT2D eigenvalue weighted by molar-refractivity contribution is 0.0789. The van der Waals surface area contributed by atoms with Crippen LogP contribution in [0.25, 0.3) is 0 Å². The van der Waals surface area contributed by atoms with E-state index in [4.69, 9.17) is 9.47 Å². The third-order valence-electron chi connectivity index (χ3n) is 5.32. The second-order valence-electron chi connectivity index (χ2n) is 8.01. The Bertz CT molecular complexity index is 1220. The first-order chi connectivity index (χ1) is 15.8. The fourth-order valence-corrected chi connectivity index (χ4v) is 4.40. The number of hydrogen-bond donors (Lipinski definition) is 1. The second kappa shape index (κ2) is 9.54. The van der Waals surface area contributed by atoms with Crippen LogP contribution in [-0.4, -0.2) is 39.8 Å². The molecule has 1 N–H and O–H groups in total. The molecule has 172 valence electrons. The van der Waals surface area contributed by atoms with Crippen molar-refractivity contribution in [1.82, 2.24) is 5.32 Å². The van der Waals surface area contributed by atoms with Gasteiger partial charge in [0.05, 0.1) is 25.0 Å². The number of hydrogen-bond acceptors (Lipinski definition) is 5. The van der Waals surface area contributed by atoms with Gasteiger partial charge >= 0.3 is 0 Å². The molecule has 0 saturated heterocycles. The van der Waals surface area contributed by atoms with Crippen LogP contribution in [0.15, 0.2) is 72.8 Å². The number of sulfonamides is 1. The van der Waals surface area contributed by atoms with E-state index in [1.807, 2.05) is 55.5 Å². The second-order valence-corrected chi connectivity index (χ2v) is 9.92. The summed E-state index contributed by atoms with van der Waals surface area (Å²) in [5.74, 6) is 1.08. The molecule has 0 bridgehead atoms. The number of fused-ring (bicyclic) bond motifs is 1. The summed E-state index contributed by atoms with van der Waals surface area (Å²) >= 11 is 0. The number of aryl methyl sites for hydroxylation is 1. The maximum absolute atomic E-state index is 12.6. The molecule has 8 heteroatoms. The Morgan fingerprint density at radius 2 is 1.67 bits per heavy atom. The molecule has 0 fully saturated rings. The van der Waals surface area contributed by atoms with E-state index in [0.29, 0.717) is 29.4 Å². The van der Waals surface area contributed by atoms with Gasteiger partial charge in [-0.25, -0.2) is 8.42 Å². The summed E-state index contributed by atoms with van der Waals surface area (Å²) in [4.78, 5) is 12.6. The van der Waals surface area contributed by atoms with Gasteiger partial charge in [-0.05, 0) is 48.9 Å². The molecular formula is C25H26N2O5S. The molecule has 1 atom stereocenters. The standard InChI is InChI=1S/C25H26N2O5S/c1-18-7-9-19(10-8-18)16-27(33(2,29)30)21-13-11-20(12-14-21)25(28)26-15-22-17-31-23-5-3-4-6-24(23)32-22/h3-14,22H,15-17H2,1-2H3,(H,26,28). The number of nitrogens with one attached hydrogen (secondary N) is 1. The van der Waals surface area contributed by atoms with Crippen molar-refractivity contribution in [2.24, 2.45) is 0 Å². The number of amides is 1. The Balaban J connectivity index is 1.40. The molecule has 0 aromatic heterocycles. The molecule has 3 aromatic rings. The van der Waals surface area contributed by atoms with E-state index < -0.39 is 10.0 Å². The van der Waals surface area contributed by atoms with Crippen molar-refractivity contribution in [2.75, 3.05) is 23.7 Å². The molecule has 4 rings (SSSR count). The van der Waals surface area contributed by atoms with Crippen molar-refractivity contribution in [3.05, 3.63) is 89.5 Å². The van der Waals surface area contributed by atoms with Crippen LogP contribution in [0.5, 0.6) is 11.5 Å². The molecule has 1 unspecified atom stereocenters. The first-order valence-electron chi connectivity index (χ1n) is 10.6. The lowest BCUT2D eigenvalue weighted by Crippen LogP contribution is -2.40. The van der Waals surface area contributed by atoms with Crippen molar-refractivity contribution >= 4 is 21.6 Å². The highest BCUT2D eigenvalue weighted by molar-refractivity contribution is 7.92. The predicted molar refractivity (Wildman–Crippen MR) is 127 cm³/mol. The quantitative estimate of drug-likeness (QED) is 0.576. The Labute approximate surface area is 194 Å². The van der Waals surface area contributed by atoms with Crippen molar-refractivity contribution < 1.29 is 22.7 Å². The zero-order valence-electron chi connectivity index (χ0n) is 18.5. The van der Waals surface area contributed by atoms with Crippen LogP contribution in [-0.2, 0) is 16.6 Å². The van der Waals surface area contributed by atoms with Crippen LogP contribution in [0, 0.1) is 6.92 Å².